The van der Waals surface area contributed by atoms with Crippen LogP contribution in [-0.4, -0.2) is 14.2 Å². The summed E-state index contributed by atoms with van der Waals surface area (Å²) in [6.07, 6.45) is 5.50. The summed E-state index contributed by atoms with van der Waals surface area (Å²) in [5.74, 6) is 0.251. The van der Waals surface area contributed by atoms with E-state index in [1.54, 1.807) is 25.1 Å². The van der Waals surface area contributed by atoms with E-state index in [4.69, 9.17) is 4.18 Å². The quantitative estimate of drug-likeness (QED) is 0.382. The summed E-state index contributed by atoms with van der Waals surface area (Å²) in [4.78, 5) is 3.22. The molecule has 2 aromatic rings. The van der Waals surface area contributed by atoms with E-state index < -0.39 is 10.1 Å². The third-order valence-corrected chi connectivity index (χ3v) is 6.75. The fourth-order valence-corrected chi connectivity index (χ4v) is 4.71. The summed E-state index contributed by atoms with van der Waals surface area (Å²) in [6, 6.07) is 17.2. The SMILES string of the molecule is C=C/C=C(\C=C)[S+](c1ccccc1)c1ccc(OS(=O)(=O)CC)cc1. The van der Waals surface area contributed by atoms with Crippen LogP contribution in [-0.2, 0) is 21.0 Å². The molecule has 5 heteroatoms. The zero-order valence-electron chi connectivity index (χ0n) is 14.1. The van der Waals surface area contributed by atoms with Crippen LogP contribution in [0.5, 0.6) is 5.75 Å². The minimum absolute atomic E-state index is 0.0637. The molecule has 130 valence electrons. The van der Waals surface area contributed by atoms with E-state index in [-0.39, 0.29) is 16.6 Å². The van der Waals surface area contributed by atoms with Crippen molar-refractivity contribution in [3.05, 3.63) is 90.9 Å². The molecule has 2 rings (SSSR count). The second-order valence-corrected chi connectivity index (χ2v) is 8.92. The molecule has 0 spiro atoms. The summed E-state index contributed by atoms with van der Waals surface area (Å²) in [7, 11) is -3.88. The van der Waals surface area contributed by atoms with Gasteiger partial charge in [0.15, 0.2) is 14.7 Å². The van der Waals surface area contributed by atoms with E-state index in [2.05, 4.69) is 25.3 Å². The normalized spacial score (nSPS) is 13.1. The lowest BCUT2D eigenvalue weighted by atomic mass is 10.3. The zero-order chi connectivity index (χ0) is 18.3. The predicted octanol–water partition coefficient (Wildman–Crippen LogP) is 4.71. The fourth-order valence-electron chi connectivity index (χ4n) is 2.14. The summed E-state index contributed by atoms with van der Waals surface area (Å²) >= 11 is 0. The number of benzene rings is 2. The Balaban J connectivity index is 2.43. The van der Waals surface area contributed by atoms with Gasteiger partial charge in [0.1, 0.15) is 5.75 Å². The molecule has 0 bridgehead atoms. The van der Waals surface area contributed by atoms with E-state index in [9.17, 15) is 8.42 Å². The van der Waals surface area contributed by atoms with Crippen LogP contribution in [0.15, 0.2) is 101 Å². The third kappa shape index (κ3) is 5.11. The van der Waals surface area contributed by atoms with Crippen LogP contribution in [0.4, 0.5) is 0 Å². The van der Waals surface area contributed by atoms with Gasteiger partial charge in [-0.2, -0.15) is 8.42 Å². The Kier molecular flexibility index (Phi) is 6.67. The summed E-state index contributed by atoms with van der Waals surface area (Å²) in [5.41, 5.74) is 0. The smallest absolute Gasteiger partial charge is 0.308 e. The van der Waals surface area contributed by atoms with Crippen LogP contribution in [0.25, 0.3) is 0 Å². The van der Waals surface area contributed by atoms with Crippen molar-refractivity contribution in [3.63, 3.8) is 0 Å². The van der Waals surface area contributed by atoms with Crippen LogP contribution in [0.2, 0.25) is 0 Å². The number of allylic oxidation sites excluding steroid dienone is 3. The average Bonchev–Trinajstić information content (AvgIpc) is 2.63. The van der Waals surface area contributed by atoms with E-state index >= 15 is 0 Å². The Bertz CT molecular complexity index is 852. The molecular weight excluding hydrogens is 352 g/mol. The largest absolute Gasteiger partial charge is 0.382 e. The molecule has 3 nitrogen and oxygen atoms in total. The van der Waals surface area contributed by atoms with Crippen LogP contribution in [0.1, 0.15) is 6.92 Å². The number of rotatable bonds is 8. The van der Waals surface area contributed by atoms with Gasteiger partial charge in [0.2, 0.25) is 0 Å². The molecule has 0 fully saturated rings. The van der Waals surface area contributed by atoms with Crippen LogP contribution < -0.4 is 4.18 Å². The second-order valence-electron chi connectivity index (χ2n) is 5.03. The van der Waals surface area contributed by atoms with Crippen molar-refractivity contribution in [1.82, 2.24) is 0 Å². The van der Waals surface area contributed by atoms with Gasteiger partial charge in [-0.05, 0) is 55.5 Å². The lowest BCUT2D eigenvalue weighted by molar-refractivity contribution is 0.487. The van der Waals surface area contributed by atoms with Crippen LogP contribution in [0.3, 0.4) is 0 Å². The molecule has 0 saturated carbocycles. The summed E-state index contributed by atoms with van der Waals surface area (Å²) in [5, 5.41) is 0. The Morgan fingerprint density at radius 3 is 2.16 bits per heavy atom. The molecule has 0 heterocycles. The maximum atomic E-state index is 11.6. The van der Waals surface area contributed by atoms with Gasteiger partial charge in [0.25, 0.3) is 0 Å². The van der Waals surface area contributed by atoms with Gasteiger partial charge in [0, 0.05) is 0 Å². The lowest BCUT2D eigenvalue weighted by Crippen LogP contribution is -2.11. The van der Waals surface area contributed by atoms with Gasteiger partial charge < -0.3 is 4.18 Å². The topological polar surface area (TPSA) is 43.4 Å². The first-order valence-electron chi connectivity index (χ1n) is 7.77. The van der Waals surface area contributed by atoms with E-state index in [1.165, 1.54) is 0 Å². The van der Waals surface area contributed by atoms with Crippen molar-refractivity contribution in [2.24, 2.45) is 0 Å². The molecule has 0 aliphatic rings. The molecule has 0 aromatic heterocycles. The highest BCUT2D eigenvalue weighted by Crippen LogP contribution is 2.32. The van der Waals surface area contributed by atoms with E-state index in [1.807, 2.05) is 42.5 Å². The molecular formula is C20H21O3S2+. The molecule has 0 radical (unpaired) electrons. The van der Waals surface area contributed by atoms with Gasteiger partial charge in [0.05, 0.1) is 16.6 Å². The first-order chi connectivity index (χ1) is 12.0. The molecule has 1 atom stereocenters. The molecule has 0 aliphatic heterocycles. The highest BCUT2D eigenvalue weighted by molar-refractivity contribution is 8.00. The molecule has 0 saturated heterocycles. The second kappa shape index (κ2) is 8.74. The van der Waals surface area contributed by atoms with Gasteiger partial charge in [-0.15, -0.1) is 0 Å². The van der Waals surface area contributed by atoms with Gasteiger partial charge in [-0.25, -0.2) is 0 Å². The monoisotopic (exact) mass is 373 g/mol. The molecule has 25 heavy (non-hydrogen) atoms. The third-order valence-electron chi connectivity index (χ3n) is 3.33. The maximum Gasteiger partial charge on any atom is 0.308 e. The average molecular weight is 374 g/mol. The highest BCUT2D eigenvalue weighted by Gasteiger charge is 2.29. The summed E-state index contributed by atoms with van der Waals surface area (Å²) in [6.45, 7) is 9.24. The summed E-state index contributed by atoms with van der Waals surface area (Å²) < 4.78 is 28.2. The van der Waals surface area contributed by atoms with E-state index in [0.29, 0.717) is 5.75 Å². The number of hydrogen-bond acceptors (Lipinski definition) is 3. The van der Waals surface area contributed by atoms with Gasteiger partial charge in [-0.1, -0.05) is 37.4 Å². The molecule has 2 aromatic carbocycles. The first-order valence-corrected chi connectivity index (χ1v) is 10.6. The van der Waals surface area contributed by atoms with Crippen molar-refractivity contribution in [3.8, 4) is 5.75 Å². The molecule has 1 unspecified atom stereocenters. The Morgan fingerprint density at radius 2 is 1.64 bits per heavy atom. The lowest BCUT2D eigenvalue weighted by Gasteiger charge is -2.09. The minimum atomic E-state index is -3.53. The van der Waals surface area contributed by atoms with Crippen molar-refractivity contribution >= 4 is 21.0 Å². The Labute approximate surface area is 152 Å². The maximum absolute atomic E-state index is 11.6. The van der Waals surface area contributed by atoms with Crippen molar-refractivity contribution < 1.29 is 12.6 Å². The van der Waals surface area contributed by atoms with Crippen molar-refractivity contribution in [2.75, 3.05) is 5.75 Å². The molecule has 0 aliphatic carbocycles. The van der Waals surface area contributed by atoms with Gasteiger partial charge in [-0.3, -0.25) is 0 Å². The molecule has 0 N–H and O–H groups in total. The number of hydrogen-bond donors (Lipinski definition) is 0. The Hall–Kier alpha value is -2.24. The first kappa shape index (κ1) is 19.1. The zero-order valence-corrected chi connectivity index (χ0v) is 15.7. The minimum Gasteiger partial charge on any atom is -0.382 e. The fraction of sp³-hybridized carbons (Fsp3) is 0.100. The van der Waals surface area contributed by atoms with Gasteiger partial charge >= 0.3 is 10.1 Å². The van der Waals surface area contributed by atoms with E-state index in [0.717, 1.165) is 14.7 Å². The van der Waals surface area contributed by atoms with Crippen molar-refractivity contribution in [1.29, 1.82) is 0 Å². The Morgan fingerprint density at radius 1 is 1.04 bits per heavy atom. The van der Waals surface area contributed by atoms with Crippen LogP contribution >= 0.6 is 0 Å². The molecule has 0 amide bonds. The highest BCUT2D eigenvalue weighted by atomic mass is 32.2. The standard InChI is InChI=1S/C20H21O3S2/c1-4-10-18(5-2)24(19-11-8-7-9-12-19)20-15-13-17(14-16-20)23-25(21,22)6-3/h4-5,7-16H,1-2,6H2,3H3/q+1/b18-10+. The van der Waals surface area contributed by atoms with Crippen LogP contribution in [0, 0.1) is 0 Å². The predicted molar refractivity (Wildman–Crippen MR) is 105 cm³/mol. The van der Waals surface area contributed by atoms with Crippen molar-refractivity contribution in [2.45, 2.75) is 16.7 Å².